The van der Waals surface area contributed by atoms with Gasteiger partial charge in [-0.05, 0) is 28.1 Å². The molecule has 1 aromatic rings. The summed E-state index contributed by atoms with van der Waals surface area (Å²) in [5.74, 6) is 0.549. The molecule has 0 aliphatic rings. The fraction of sp³-hybridized carbons (Fsp3) is 0. The molecule has 1 aromatic heterocycles. The van der Waals surface area contributed by atoms with Gasteiger partial charge in [0.2, 0.25) is 0 Å². The number of nitrogens with two attached hydrogens (primary N) is 1. The van der Waals surface area contributed by atoms with E-state index in [1.165, 1.54) is 0 Å². The number of halogens is 1. The fourth-order valence-electron chi connectivity index (χ4n) is 0.387. The number of rotatable bonds is 0. The summed E-state index contributed by atoms with van der Waals surface area (Å²) in [6.07, 6.45) is 1.66. The van der Waals surface area contributed by atoms with E-state index < -0.39 is 0 Å². The van der Waals surface area contributed by atoms with E-state index in [4.69, 9.17) is 5.73 Å². The van der Waals surface area contributed by atoms with Crippen LogP contribution in [0.4, 0.5) is 5.82 Å². The van der Waals surface area contributed by atoms with E-state index in [0.717, 1.165) is 4.47 Å². The van der Waals surface area contributed by atoms with Gasteiger partial charge in [-0.2, -0.15) is 0 Å². The van der Waals surface area contributed by atoms with E-state index in [1.807, 2.05) is 6.07 Å². The van der Waals surface area contributed by atoms with Crippen LogP contribution in [0, 0.1) is 0 Å². The highest BCUT2D eigenvalue weighted by Crippen LogP contribution is 2.07. The zero-order chi connectivity index (χ0) is 5.98. The third-order valence-corrected chi connectivity index (χ3v) is 1.22. The van der Waals surface area contributed by atoms with Crippen LogP contribution in [0.2, 0.25) is 0 Å². The molecule has 0 aromatic carbocycles. The molecule has 50 valence electrons. The standard InChI is InChI=1S/C5H5BrN2.H3N/c6-4-1-2-5(7)8-3-4;/h1-3H,(H2,7,8);1H3. The van der Waals surface area contributed by atoms with E-state index >= 15 is 0 Å². The topological polar surface area (TPSA) is 73.9 Å². The molecule has 5 N–H and O–H groups in total. The van der Waals surface area contributed by atoms with Gasteiger partial charge in [0.15, 0.2) is 0 Å². The second kappa shape index (κ2) is 3.42. The molecule has 0 fully saturated rings. The van der Waals surface area contributed by atoms with Crippen LogP contribution < -0.4 is 11.9 Å². The summed E-state index contributed by atoms with van der Waals surface area (Å²) in [5.41, 5.74) is 5.29. The monoisotopic (exact) mass is 189 g/mol. The summed E-state index contributed by atoms with van der Waals surface area (Å²) in [6.45, 7) is 0. The molecule has 0 unspecified atom stereocenters. The molecule has 3 nitrogen and oxygen atoms in total. The molecule has 0 aliphatic carbocycles. The number of hydrogen-bond acceptors (Lipinski definition) is 3. The van der Waals surface area contributed by atoms with E-state index in [1.54, 1.807) is 12.3 Å². The average Bonchev–Trinajstić information content (AvgIpc) is 1.77. The Balaban J connectivity index is 0.000000640. The predicted molar refractivity (Wildman–Crippen MR) is 41.4 cm³/mol. The van der Waals surface area contributed by atoms with Crippen LogP contribution in [0.5, 0.6) is 0 Å². The van der Waals surface area contributed by atoms with Crippen molar-refractivity contribution in [1.29, 1.82) is 0 Å². The quantitative estimate of drug-likeness (QED) is 0.652. The van der Waals surface area contributed by atoms with Crippen molar-refractivity contribution in [3.8, 4) is 0 Å². The van der Waals surface area contributed by atoms with Gasteiger partial charge in [0.05, 0.1) is 0 Å². The van der Waals surface area contributed by atoms with Crippen LogP contribution in [-0.2, 0) is 0 Å². The number of nitrogen functional groups attached to an aromatic ring is 1. The Hall–Kier alpha value is -0.610. The maximum Gasteiger partial charge on any atom is 0.123 e. The molecule has 0 radical (unpaired) electrons. The first-order chi connectivity index (χ1) is 3.79. The smallest absolute Gasteiger partial charge is 0.123 e. The van der Waals surface area contributed by atoms with Gasteiger partial charge in [0.25, 0.3) is 0 Å². The summed E-state index contributed by atoms with van der Waals surface area (Å²) < 4.78 is 0.951. The van der Waals surface area contributed by atoms with Gasteiger partial charge < -0.3 is 11.9 Å². The van der Waals surface area contributed by atoms with Crippen LogP contribution in [0.3, 0.4) is 0 Å². The minimum atomic E-state index is 0. The third-order valence-electron chi connectivity index (χ3n) is 0.750. The molecular weight excluding hydrogens is 182 g/mol. The highest BCUT2D eigenvalue weighted by atomic mass is 79.9. The number of hydrogen-bond donors (Lipinski definition) is 2. The van der Waals surface area contributed by atoms with Crippen molar-refractivity contribution >= 4 is 21.7 Å². The van der Waals surface area contributed by atoms with Crippen LogP contribution >= 0.6 is 15.9 Å². The summed E-state index contributed by atoms with van der Waals surface area (Å²) in [7, 11) is 0. The molecule has 1 rings (SSSR count). The lowest BCUT2D eigenvalue weighted by Crippen LogP contribution is -1.86. The lowest BCUT2D eigenvalue weighted by atomic mass is 10.5. The van der Waals surface area contributed by atoms with Crippen LogP contribution in [-0.4, -0.2) is 4.98 Å². The zero-order valence-electron chi connectivity index (χ0n) is 4.84. The van der Waals surface area contributed by atoms with Gasteiger partial charge >= 0.3 is 0 Å². The van der Waals surface area contributed by atoms with Crippen LogP contribution in [0.15, 0.2) is 22.8 Å². The SMILES string of the molecule is N.Nc1ccc(Br)cn1. The lowest BCUT2D eigenvalue weighted by molar-refractivity contribution is 1.32. The van der Waals surface area contributed by atoms with Gasteiger partial charge in [0, 0.05) is 10.7 Å². The van der Waals surface area contributed by atoms with Gasteiger partial charge in [-0.15, -0.1) is 0 Å². The fourth-order valence-corrected chi connectivity index (χ4v) is 0.622. The van der Waals surface area contributed by atoms with Crippen molar-refractivity contribution in [2.75, 3.05) is 5.73 Å². The van der Waals surface area contributed by atoms with E-state index in [2.05, 4.69) is 20.9 Å². The maximum absolute atomic E-state index is 5.29. The Bertz CT molecular complexity index is 151. The largest absolute Gasteiger partial charge is 0.384 e. The van der Waals surface area contributed by atoms with Crippen molar-refractivity contribution in [2.45, 2.75) is 0 Å². The number of pyridine rings is 1. The lowest BCUT2D eigenvalue weighted by Gasteiger charge is -1.88. The minimum absolute atomic E-state index is 0. The molecule has 0 atom stereocenters. The van der Waals surface area contributed by atoms with Gasteiger partial charge in [-0.3, -0.25) is 0 Å². The Morgan fingerprint density at radius 2 is 2.11 bits per heavy atom. The molecule has 1 heterocycles. The molecule has 0 bridgehead atoms. The van der Waals surface area contributed by atoms with Crippen molar-refractivity contribution in [1.82, 2.24) is 11.1 Å². The third kappa shape index (κ3) is 2.43. The number of aromatic nitrogens is 1. The molecule has 0 spiro atoms. The first-order valence-corrected chi connectivity index (χ1v) is 2.95. The van der Waals surface area contributed by atoms with E-state index in [-0.39, 0.29) is 6.15 Å². The second-order valence-corrected chi connectivity index (χ2v) is 2.32. The Morgan fingerprint density at radius 1 is 1.44 bits per heavy atom. The Kier molecular flexibility index (Phi) is 3.19. The Labute approximate surface area is 62.0 Å². The maximum atomic E-state index is 5.29. The average molecular weight is 190 g/mol. The Morgan fingerprint density at radius 3 is 2.44 bits per heavy atom. The van der Waals surface area contributed by atoms with Crippen LogP contribution in [0.25, 0.3) is 0 Å². The highest BCUT2D eigenvalue weighted by molar-refractivity contribution is 9.10. The summed E-state index contributed by atoms with van der Waals surface area (Å²) in [4.78, 5) is 3.81. The summed E-state index contributed by atoms with van der Waals surface area (Å²) >= 11 is 3.23. The van der Waals surface area contributed by atoms with Gasteiger partial charge in [-0.1, -0.05) is 0 Å². The first kappa shape index (κ1) is 8.39. The van der Waals surface area contributed by atoms with Gasteiger partial charge in [-0.25, -0.2) is 4.98 Å². The van der Waals surface area contributed by atoms with Crippen molar-refractivity contribution < 1.29 is 0 Å². The van der Waals surface area contributed by atoms with Gasteiger partial charge in [0.1, 0.15) is 5.82 Å². The number of anilines is 1. The zero-order valence-corrected chi connectivity index (χ0v) is 6.43. The highest BCUT2D eigenvalue weighted by Gasteiger charge is 1.83. The molecule has 0 saturated carbocycles. The van der Waals surface area contributed by atoms with Crippen molar-refractivity contribution in [3.05, 3.63) is 22.8 Å². The molecule has 4 heteroatoms. The number of nitrogens with zero attached hydrogens (tertiary/aromatic N) is 1. The second-order valence-electron chi connectivity index (χ2n) is 1.40. The summed E-state index contributed by atoms with van der Waals surface area (Å²) in [6, 6.07) is 3.59. The molecular formula is C5H8BrN3. The minimum Gasteiger partial charge on any atom is -0.384 e. The summed E-state index contributed by atoms with van der Waals surface area (Å²) in [5, 5.41) is 0. The molecule has 0 amide bonds. The van der Waals surface area contributed by atoms with Crippen LogP contribution in [0.1, 0.15) is 0 Å². The molecule has 0 saturated heterocycles. The molecule has 0 aliphatic heterocycles. The van der Waals surface area contributed by atoms with Crippen molar-refractivity contribution in [3.63, 3.8) is 0 Å². The predicted octanol–water partition coefficient (Wildman–Crippen LogP) is 1.59. The molecule has 9 heavy (non-hydrogen) atoms. The van der Waals surface area contributed by atoms with Crippen molar-refractivity contribution in [2.24, 2.45) is 0 Å². The first-order valence-electron chi connectivity index (χ1n) is 2.16. The normalized spacial score (nSPS) is 8.11. The van der Waals surface area contributed by atoms with E-state index in [0.29, 0.717) is 5.82 Å². The van der Waals surface area contributed by atoms with E-state index in [9.17, 15) is 0 Å².